The van der Waals surface area contributed by atoms with Gasteiger partial charge in [0.05, 0.1) is 4.90 Å². The number of nitrogens with one attached hydrogen (secondary N) is 3. The molecule has 214 valence electrons. The molecular weight excluding hydrogens is 532 g/mol. The quantitative estimate of drug-likeness (QED) is 0.363. The van der Waals surface area contributed by atoms with Crippen molar-refractivity contribution in [2.45, 2.75) is 68.0 Å². The van der Waals surface area contributed by atoms with Crippen LogP contribution >= 0.6 is 0 Å². The molecule has 4 aliphatic rings. The highest BCUT2D eigenvalue weighted by Gasteiger charge is 2.51. The molecule has 0 aromatic heterocycles. The predicted octanol–water partition coefficient (Wildman–Crippen LogP) is 2.37. The first-order valence-electron chi connectivity index (χ1n) is 14.0. The summed E-state index contributed by atoms with van der Waals surface area (Å²) in [6.45, 7) is 1.63. The minimum Gasteiger partial charge on any atom is -0.480 e. The van der Waals surface area contributed by atoms with Gasteiger partial charge in [-0.2, -0.15) is 4.31 Å². The number of carboxylic acids is 1. The molecule has 2 atom stereocenters. The third-order valence-corrected chi connectivity index (χ3v) is 10.3. The molecule has 2 amide bonds. The zero-order valence-electron chi connectivity index (χ0n) is 22.3. The number of anilines is 1. The lowest BCUT2D eigenvalue weighted by molar-refractivity contribution is -0.143. The number of fused-ring (bicyclic) bond motifs is 3. The van der Waals surface area contributed by atoms with E-state index < -0.39 is 34.0 Å². The van der Waals surface area contributed by atoms with Crippen molar-refractivity contribution >= 4 is 33.5 Å². The molecule has 0 spiro atoms. The predicted molar refractivity (Wildman–Crippen MR) is 149 cm³/mol. The molecule has 3 aliphatic heterocycles. The number of piperidine rings is 3. The highest BCUT2D eigenvalue weighted by atomic mass is 32.2. The Balaban J connectivity index is 1.27. The van der Waals surface area contributed by atoms with Gasteiger partial charge < -0.3 is 21.1 Å². The van der Waals surface area contributed by atoms with E-state index in [9.17, 15) is 27.9 Å². The van der Waals surface area contributed by atoms with Crippen LogP contribution in [0.1, 0.15) is 44.1 Å². The first kappa shape index (κ1) is 28.3. The molecule has 4 N–H and O–H groups in total. The molecule has 1 saturated carbocycles. The molecule has 11 heteroatoms. The molecule has 2 unspecified atom stereocenters. The van der Waals surface area contributed by atoms with Crippen molar-refractivity contribution in [1.82, 2.24) is 14.9 Å². The lowest BCUT2D eigenvalue weighted by Gasteiger charge is -2.49. The minimum absolute atomic E-state index is 0.0237. The van der Waals surface area contributed by atoms with Gasteiger partial charge in [0.2, 0.25) is 21.8 Å². The molecule has 3 saturated heterocycles. The molecule has 2 aromatic rings. The number of rotatable bonds is 9. The molecular formula is C29H36N4O6S. The summed E-state index contributed by atoms with van der Waals surface area (Å²) in [6, 6.07) is 12.5. The highest BCUT2D eigenvalue weighted by molar-refractivity contribution is 7.89. The average Bonchev–Trinajstić information content (AvgIpc) is 2.98. The van der Waals surface area contributed by atoms with Crippen molar-refractivity contribution in [3.05, 3.63) is 60.2 Å². The molecule has 1 aliphatic carbocycles. The second-order valence-electron chi connectivity index (χ2n) is 11.0. The van der Waals surface area contributed by atoms with Crippen molar-refractivity contribution in [3.63, 3.8) is 0 Å². The van der Waals surface area contributed by atoms with Gasteiger partial charge in [0.15, 0.2) is 0 Å². The van der Waals surface area contributed by atoms with Crippen LogP contribution in [0.5, 0.6) is 0 Å². The van der Waals surface area contributed by atoms with Crippen LogP contribution in [-0.4, -0.2) is 66.8 Å². The van der Waals surface area contributed by atoms with Gasteiger partial charge in [-0.1, -0.05) is 30.3 Å². The number of carboxylic acid groups (broad SMARTS) is 1. The van der Waals surface area contributed by atoms with Crippen molar-refractivity contribution in [2.75, 3.05) is 18.4 Å². The fourth-order valence-electron chi connectivity index (χ4n) is 6.24. The minimum atomic E-state index is -3.94. The first-order valence-corrected chi connectivity index (χ1v) is 15.4. The van der Waals surface area contributed by atoms with E-state index in [0.29, 0.717) is 24.1 Å². The largest absolute Gasteiger partial charge is 0.480 e. The van der Waals surface area contributed by atoms with E-state index in [-0.39, 0.29) is 35.1 Å². The van der Waals surface area contributed by atoms with Crippen LogP contribution in [0.2, 0.25) is 0 Å². The van der Waals surface area contributed by atoms with Crippen LogP contribution in [-0.2, 0) is 30.8 Å². The number of aliphatic carboxylic acids is 1. The molecule has 0 radical (unpaired) electrons. The van der Waals surface area contributed by atoms with Crippen LogP contribution in [0.15, 0.2) is 59.5 Å². The Morgan fingerprint density at radius 2 is 1.55 bits per heavy atom. The van der Waals surface area contributed by atoms with E-state index in [4.69, 9.17) is 0 Å². The van der Waals surface area contributed by atoms with Gasteiger partial charge in [-0.3, -0.25) is 9.59 Å². The van der Waals surface area contributed by atoms with Gasteiger partial charge in [-0.25, -0.2) is 13.2 Å². The van der Waals surface area contributed by atoms with Gasteiger partial charge in [0.25, 0.3) is 0 Å². The van der Waals surface area contributed by atoms with E-state index in [1.807, 2.05) is 0 Å². The molecule has 40 heavy (non-hydrogen) atoms. The normalized spacial score (nSPS) is 24.2. The van der Waals surface area contributed by atoms with E-state index >= 15 is 0 Å². The van der Waals surface area contributed by atoms with Gasteiger partial charge in [-0.15, -0.1) is 0 Å². The number of sulfonamides is 1. The van der Waals surface area contributed by atoms with E-state index in [0.717, 1.165) is 38.8 Å². The van der Waals surface area contributed by atoms with Crippen LogP contribution < -0.4 is 16.0 Å². The van der Waals surface area contributed by atoms with Crippen LogP contribution in [0.4, 0.5) is 5.69 Å². The van der Waals surface area contributed by atoms with E-state index in [2.05, 4.69) is 16.0 Å². The number of amides is 2. The van der Waals surface area contributed by atoms with Crippen molar-refractivity contribution in [1.29, 1.82) is 0 Å². The smallest absolute Gasteiger partial charge is 0.326 e. The summed E-state index contributed by atoms with van der Waals surface area (Å²) < 4.78 is 28.5. The number of hydrogen-bond donors (Lipinski definition) is 4. The Kier molecular flexibility index (Phi) is 8.53. The van der Waals surface area contributed by atoms with Crippen LogP contribution in [0, 0.1) is 11.8 Å². The molecule has 10 nitrogen and oxygen atoms in total. The SMILES string of the molecule is O=C(Nc1ccc(CC(NC(=O)C2C3CCC(CC3)N2S(=O)(=O)c2ccccc2)C(=O)O)cc1)C1CCNCC1. The fourth-order valence-corrected chi connectivity index (χ4v) is 8.16. The first-order chi connectivity index (χ1) is 19.2. The fraction of sp³-hybridized carbons (Fsp3) is 0.483. The van der Waals surface area contributed by atoms with Crippen LogP contribution in [0.25, 0.3) is 0 Å². The molecule has 3 heterocycles. The van der Waals surface area contributed by atoms with Gasteiger partial charge in [0, 0.05) is 24.1 Å². The average molecular weight is 569 g/mol. The third-order valence-electron chi connectivity index (χ3n) is 8.40. The summed E-state index contributed by atoms with van der Waals surface area (Å²) in [5, 5.41) is 18.7. The molecule has 4 fully saturated rings. The van der Waals surface area contributed by atoms with Gasteiger partial charge in [0.1, 0.15) is 12.1 Å². The molecule has 6 rings (SSSR count). The topological polar surface area (TPSA) is 145 Å². The van der Waals surface area contributed by atoms with Crippen LogP contribution in [0.3, 0.4) is 0 Å². The maximum absolute atomic E-state index is 13.6. The lowest BCUT2D eigenvalue weighted by Crippen LogP contribution is -2.63. The number of hydrogen-bond acceptors (Lipinski definition) is 6. The summed E-state index contributed by atoms with van der Waals surface area (Å²) in [4.78, 5) is 38.4. The molecule has 2 bridgehead atoms. The van der Waals surface area contributed by atoms with Crippen molar-refractivity contribution in [2.24, 2.45) is 11.8 Å². The Morgan fingerprint density at radius 1 is 0.900 bits per heavy atom. The summed E-state index contributed by atoms with van der Waals surface area (Å²) >= 11 is 0. The number of carbonyl (C=O) groups excluding carboxylic acids is 2. The lowest BCUT2D eigenvalue weighted by atomic mass is 9.76. The Bertz CT molecular complexity index is 1320. The monoisotopic (exact) mass is 568 g/mol. The Labute approximate surface area is 234 Å². The van der Waals surface area contributed by atoms with Gasteiger partial charge >= 0.3 is 5.97 Å². The Hall–Kier alpha value is -3.28. The zero-order chi connectivity index (χ0) is 28.3. The van der Waals surface area contributed by atoms with E-state index in [1.54, 1.807) is 42.5 Å². The van der Waals surface area contributed by atoms with E-state index in [1.165, 1.54) is 16.4 Å². The highest BCUT2D eigenvalue weighted by Crippen LogP contribution is 2.42. The second-order valence-corrected chi connectivity index (χ2v) is 12.8. The molecule has 2 aromatic carbocycles. The maximum Gasteiger partial charge on any atom is 0.326 e. The summed E-state index contributed by atoms with van der Waals surface area (Å²) in [5.41, 5.74) is 1.30. The number of nitrogens with zero attached hydrogens (tertiary/aromatic N) is 1. The number of carbonyl (C=O) groups is 3. The van der Waals surface area contributed by atoms with Crippen molar-refractivity contribution in [3.8, 4) is 0 Å². The van der Waals surface area contributed by atoms with Gasteiger partial charge in [-0.05, 0) is 87.4 Å². The summed E-state index contributed by atoms with van der Waals surface area (Å²) in [6.07, 6.45) is 4.42. The van der Waals surface area contributed by atoms with Crippen molar-refractivity contribution < 1.29 is 27.9 Å². The number of benzene rings is 2. The standard InChI is InChI=1S/C29H36N4O6S/c34-27(21-14-16-30-17-15-21)31-22-10-6-19(7-11-22)18-25(29(36)37)32-28(35)26-20-8-12-23(13-9-20)33(26)40(38,39)24-4-2-1-3-5-24/h1-7,10-11,20-21,23,25-26,30H,8-9,12-18H2,(H,31,34)(H,32,35)(H,36,37). The Morgan fingerprint density at radius 3 is 2.17 bits per heavy atom. The summed E-state index contributed by atoms with van der Waals surface area (Å²) in [7, 11) is -3.94. The second kappa shape index (κ2) is 12.1. The summed E-state index contributed by atoms with van der Waals surface area (Å²) in [5.74, 6) is -2.00. The zero-order valence-corrected chi connectivity index (χ0v) is 23.1. The third kappa shape index (κ3) is 6.06. The maximum atomic E-state index is 13.6.